The van der Waals surface area contributed by atoms with Crippen LogP contribution in [-0.4, -0.2) is 17.5 Å². The number of ether oxygens (including phenoxy) is 1. The SMILES string of the molecule is CC(C)(C)OC(=O)NCc1cc(/C(N)=N/NN)cc(Cl)c1F. The van der Waals surface area contributed by atoms with E-state index in [2.05, 4.69) is 10.4 Å². The highest BCUT2D eigenvalue weighted by Gasteiger charge is 2.17. The molecular formula is C13H19ClFN5O2. The number of nitrogens with zero attached hydrogens (tertiary/aromatic N) is 1. The fourth-order valence-electron chi connectivity index (χ4n) is 1.54. The molecule has 0 atom stereocenters. The maximum absolute atomic E-state index is 14.0. The van der Waals surface area contributed by atoms with Gasteiger partial charge in [-0.1, -0.05) is 11.6 Å². The van der Waals surface area contributed by atoms with Crippen LogP contribution in [0.2, 0.25) is 5.02 Å². The number of rotatable bonds is 4. The number of alkyl carbamates (subject to hydrolysis) is 1. The van der Waals surface area contributed by atoms with Gasteiger partial charge in [-0.25, -0.2) is 20.6 Å². The molecule has 0 radical (unpaired) electrons. The van der Waals surface area contributed by atoms with Crippen LogP contribution in [0.5, 0.6) is 0 Å². The lowest BCUT2D eigenvalue weighted by Gasteiger charge is -2.20. The summed E-state index contributed by atoms with van der Waals surface area (Å²) in [6.07, 6.45) is -0.668. The van der Waals surface area contributed by atoms with Crippen LogP contribution < -0.4 is 22.4 Å². The van der Waals surface area contributed by atoms with Gasteiger partial charge in [-0.3, -0.25) is 0 Å². The molecule has 0 saturated carbocycles. The molecule has 1 rings (SSSR count). The van der Waals surface area contributed by atoms with Crippen LogP contribution in [-0.2, 0) is 11.3 Å². The molecule has 0 saturated heterocycles. The predicted molar refractivity (Wildman–Crippen MR) is 82.5 cm³/mol. The number of nitrogens with two attached hydrogens (primary N) is 2. The number of hydrogen-bond acceptors (Lipinski definition) is 5. The number of carbonyl (C=O) groups excluding carboxylic acids is 1. The van der Waals surface area contributed by atoms with Gasteiger partial charge in [-0.15, -0.1) is 5.10 Å². The topological polar surface area (TPSA) is 115 Å². The largest absolute Gasteiger partial charge is 0.444 e. The Balaban J connectivity index is 2.91. The number of hydrogen-bond donors (Lipinski definition) is 4. The Morgan fingerprint density at radius 3 is 2.64 bits per heavy atom. The average molecular weight is 332 g/mol. The Bertz CT molecular complexity index is 587. The van der Waals surface area contributed by atoms with Gasteiger partial charge in [0.25, 0.3) is 0 Å². The van der Waals surface area contributed by atoms with E-state index in [-0.39, 0.29) is 23.0 Å². The normalized spacial score (nSPS) is 12.0. The molecule has 1 aromatic carbocycles. The zero-order valence-electron chi connectivity index (χ0n) is 12.5. The van der Waals surface area contributed by atoms with Gasteiger partial charge in [0.15, 0.2) is 5.84 Å². The minimum absolute atomic E-state index is 0.0305. The summed E-state index contributed by atoms with van der Waals surface area (Å²) >= 11 is 5.80. The van der Waals surface area contributed by atoms with E-state index in [9.17, 15) is 9.18 Å². The van der Waals surface area contributed by atoms with Crippen LogP contribution in [0.4, 0.5) is 9.18 Å². The van der Waals surface area contributed by atoms with E-state index in [0.29, 0.717) is 5.56 Å². The first-order valence-corrected chi connectivity index (χ1v) is 6.75. The van der Waals surface area contributed by atoms with Gasteiger partial charge in [-0.2, -0.15) is 0 Å². The molecule has 122 valence electrons. The fraction of sp³-hybridized carbons (Fsp3) is 0.385. The van der Waals surface area contributed by atoms with Crippen molar-refractivity contribution in [1.29, 1.82) is 0 Å². The lowest BCUT2D eigenvalue weighted by Crippen LogP contribution is -2.32. The number of amidine groups is 1. The van der Waals surface area contributed by atoms with Crippen LogP contribution in [0.25, 0.3) is 0 Å². The molecule has 0 spiro atoms. The second-order valence-corrected chi connectivity index (χ2v) is 5.82. The standard InChI is InChI=1S/C13H19ClFN5O2/c1-13(2,3)22-12(21)18-6-8-4-7(11(16)19-20-17)5-9(14)10(8)15/h4-5,20H,6,17H2,1-3H3,(H2,16,19)(H,18,21). The van der Waals surface area contributed by atoms with Crippen molar-refractivity contribution in [3.05, 3.63) is 34.1 Å². The monoisotopic (exact) mass is 331 g/mol. The lowest BCUT2D eigenvalue weighted by atomic mass is 10.1. The summed E-state index contributed by atoms with van der Waals surface area (Å²) in [6.45, 7) is 5.06. The van der Waals surface area contributed by atoms with Crippen molar-refractivity contribution < 1.29 is 13.9 Å². The average Bonchev–Trinajstić information content (AvgIpc) is 2.38. The molecular weight excluding hydrogens is 313 g/mol. The van der Waals surface area contributed by atoms with Crippen LogP contribution in [0.15, 0.2) is 17.2 Å². The van der Waals surface area contributed by atoms with E-state index in [1.165, 1.54) is 12.1 Å². The van der Waals surface area contributed by atoms with Crippen LogP contribution in [0, 0.1) is 5.82 Å². The summed E-state index contributed by atoms with van der Waals surface area (Å²) < 4.78 is 19.0. The fourth-order valence-corrected chi connectivity index (χ4v) is 1.78. The highest BCUT2D eigenvalue weighted by Crippen LogP contribution is 2.21. The van der Waals surface area contributed by atoms with Gasteiger partial charge < -0.3 is 15.8 Å². The highest BCUT2D eigenvalue weighted by atomic mass is 35.5. The van der Waals surface area contributed by atoms with Crippen LogP contribution in [0.1, 0.15) is 31.9 Å². The van der Waals surface area contributed by atoms with E-state index < -0.39 is 17.5 Å². The molecule has 7 nitrogen and oxygen atoms in total. The van der Waals surface area contributed by atoms with Crippen LogP contribution in [0.3, 0.4) is 0 Å². The third-order valence-corrected chi connectivity index (χ3v) is 2.68. The molecule has 0 unspecified atom stereocenters. The van der Waals surface area contributed by atoms with E-state index in [0.717, 1.165) is 0 Å². The van der Waals surface area contributed by atoms with Crippen molar-refractivity contribution in [3.63, 3.8) is 0 Å². The van der Waals surface area contributed by atoms with Crippen molar-refractivity contribution in [1.82, 2.24) is 10.9 Å². The Morgan fingerprint density at radius 2 is 2.09 bits per heavy atom. The van der Waals surface area contributed by atoms with Gasteiger partial charge in [0.2, 0.25) is 0 Å². The Morgan fingerprint density at radius 1 is 1.45 bits per heavy atom. The second kappa shape index (κ2) is 7.28. The zero-order valence-corrected chi connectivity index (χ0v) is 13.3. The van der Waals surface area contributed by atoms with Gasteiger partial charge in [0.05, 0.1) is 5.02 Å². The second-order valence-electron chi connectivity index (χ2n) is 5.41. The van der Waals surface area contributed by atoms with Crippen molar-refractivity contribution in [2.45, 2.75) is 32.9 Å². The summed E-state index contributed by atoms with van der Waals surface area (Å²) in [5.41, 5.74) is 7.54. The first-order valence-electron chi connectivity index (χ1n) is 6.38. The molecule has 0 aromatic heterocycles. The minimum Gasteiger partial charge on any atom is -0.444 e. The molecule has 22 heavy (non-hydrogen) atoms. The summed E-state index contributed by atoms with van der Waals surface area (Å²) in [5.74, 6) is 4.40. The van der Waals surface area contributed by atoms with Gasteiger partial charge >= 0.3 is 6.09 Å². The molecule has 1 aromatic rings. The number of hydrazone groups is 1. The molecule has 0 fully saturated rings. The first-order chi connectivity index (χ1) is 10.1. The van der Waals surface area contributed by atoms with Crippen molar-refractivity contribution in [2.24, 2.45) is 16.7 Å². The lowest BCUT2D eigenvalue weighted by molar-refractivity contribution is 0.0523. The summed E-state index contributed by atoms with van der Waals surface area (Å²) in [4.78, 5) is 11.6. The quantitative estimate of drug-likeness (QED) is 0.289. The Labute approximate surface area is 132 Å². The number of amides is 1. The van der Waals surface area contributed by atoms with Gasteiger partial charge in [-0.05, 0) is 32.9 Å². The molecule has 6 N–H and O–H groups in total. The van der Waals surface area contributed by atoms with E-state index >= 15 is 0 Å². The molecule has 9 heteroatoms. The molecule has 1 amide bonds. The maximum Gasteiger partial charge on any atom is 0.407 e. The minimum atomic E-state index is -0.668. The molecule has 0 aliphatic carbocycles. The first kappa shape index (κ1) is 18.0. The number of halogens is 2. The van der Waals surface area contributed by atoms with Crippen molar-refractivity contribution >= 4 is 23.5 Å². The number of carbonyl (C=O) groups is 1. The van der Waals surface area contributed by atoms with Crippen molar-refractivity contribution in [3.8, 4) is 0 Å². The van der Waals surface area contributed by atoms with E-state index in [1.807, 2.05) is 5.53 Å². The molecule has 0 aliphatic heterocycles. The summed E-state index contributed by atoms with van der Waals surface area (Å²) in [5, 5.41) is 5.88. The highest BCUT2D eigenvalue weighted by molar-refractivity contribution is 6.31. The molecule has 0 bridgehead atoms. The Kier molecular flexibility index (Phi) is 5.95. The third kappa shape index (κ3) is 5.38. The molecule has 0 aliphatic rings. The predicted octanol–water partition coefficient (Wildman–Crippen LogP) is 1.59. The number of nitrogens with one attached hydrogen (secondary N) is 2. The van der Waals surface area contributed by atoms with Crippen LogP contribution >= 0.6 is 11.6 Å². The maximum atomic E-state index is 14.0. The van der Waals surface area contributed by atoms with Gasteiger partial charge in [0, 0.05) is 17.7 Å². The Hall–Kier alpha value is -2.06. The summed E-state index contributed by atoms with van der Waals surface area (Å²) in [6, 6.07) is 2.72. The van der Waals surface area contributed by atoms with Crippen molar-refractivity contribution in [2.75, 3.05) is 0 Å². The molecule has 0 heterocycles. The number of benzene rings is 1. The smallest absolute Gasteiger partial charge is 0.407 e. The number of hydrazine groups is 1. The summed E-state index contributed by atoms with van der Waals surface area (Å²) in [7, 11) is 0. The third-order valence-electron chi connectivity index (χ3n) is 2.41. The zero-order chi connectivity index (χ0) is 16.9. The van der Waals surface area contributed by atoms with E-state index in [1.54, 1.807) is 20.8 Å². The van der Waals surface area contributed by atoms with Gasteiger partial charge in [0.1, 0.15) is 11.4 Å². The van der Waals surface area contributed by atoms with E-state index in [4.69, 9.17) is 27.9 Å².